The Labute approximate surface area is 148 Å². The number of carbonyl (C=O) groups excluding carboxylic acids is 1. The number of aryl methyl sites for hydroxylation is 1. The summed E-state index contributed by atoms with van der Waals surface area (Å²) in [6.45, 7) is 1.76. The number of amides is 1. The molecule has 0 saturated heterocycles. The van der Waals surface area contributed by atoms with Gasteiger partial charge in [-0.2, -0.15) is 18.4 Å². The van der Waals surface area contributed by atoms with Gasteiger partial charge < -0.3 is 5.73 Å². The Kier molecular flexibility index (Phi) is 5.63. The van der Waals surface area contributed by atoms with E-state index >= 15 is 0 Å². The van der Waals surface area contributed by atoms with Gasteiger partial charge in [0.15, 0.2) is 0 Å². The molecule has 26 heavy (non-hydrogen) atoms. The quantitative estimate of drug-likeness (QED) is 0.501. The van der Waals surface area contributed by atoms with Crippen LogP contribution < -0.4 is 5.73 Å². The number of hydrogen-bond donors (Lipinski definition) is 1. The molecule has 0 aromatic heterocycles. The lowest BCUT2D eigenvalue weighted by molar-refractivity contribution is -0.114. The van der Waals surface area contributed by atoms with Gasteiger partial charge in [-0.1, -0.05) is 60.2 Å². The lowest BCUT2D eigenvalue weighted by Gasteiger charge is -2.14. The van der Waals surface area contributed by atoms with Gasteiger partial charge in [0.05, 0.1) is 5.57 Å². The van der Waals surface area contributed by atoms with Crippen LogP contribution in [0.5, 0.6) is 0 Å². The molecule has 6 heteroatoms. The molecule has 132 valence electrons. The van der Waals surface area contributed by atoms with E-state index in [0.29, 0.717) is 0 Å². The van der Waals surface area contributed by atoms with Crippen LogP contribution >= 0.6 is 0 Å². The van der Waals surface area contributed by atoms with E-state index in [1.54, 1.807) is 43.3 Å². The van der Waals surface area contributed by atoms with Crippen LogP contribution in [0.1, 0.15) is 16.7 Å². The average molecular weight is 356 g/mol. The first kappa shape index (κ1) is 19.0. The molecule has 0 aliphatic carbocycles. The van der Waals surface area contributed by atoms with Crippen LogP contribution in [0.4, 0.5) is 13.2 Å². The van der Waals surface area contributed by atoms with Gasteiger partial charge in [-0.05, 0) is 24.1 Å². The molecule has 0 unspecified atom stereocenters. The molecule has 2 rings (SSSR count). The Balaban J connectivity index is 2.79. The Hall–Kier alpha value is -3.33. The third-order valence-electron chi connectivity index (χ3n) is 3.67. The average Bonchev–Trinajstić information content (AvgIpc) is 2.59. The van der Waals surface area contributed by atoms with Gasteiger partial charge in [0.2, 0.25) is 0 Å². The van der Waals surface area contributed by atoms with E-state index in [2.05, 4.69) is 0 Å². The first-order valence-corrected chi connectivity index (χ1v) is 7.59. The summed E-state index contributed by atoms with van der Waals surface area (Å²) in [5.41, 5.74) is 4.55. The zero-order valence-corrected chi connectivity index (χ0v) is 13.8. The van der Waals surface area contributed by atoms with Crippen molar-refractivity contribution in [3.05, 3.63) is 82.9 Å². The van der Waals surface area contributed by atoms with E-state index < -0.39 is 23.2 Å². The number of carbonyl (C=O) groups is 1. The van der Waals surface area contributed by atoms with Crippen molar-refractivity contribution in [2.75, 3.05) is 0 Å². The van der Waals surface area contributed by atoms with E-state index in [1.165, 1.54) is 24.3 Å². The minimum absolute atomic E-state index is 0.0710. The minimum atomic E-state index is -4.69. The highest BCUT2D eigenvalue weighted by atomic mass is 19.4. The second kappa shape index (κ2) is 7.70. The number of primary amides is 1. The van der Waals surface area contributed by atoms with Crippen molar-refractivity contribution in [1.29, 1.82) is 5.26 Å². The fourth-order valence-corrected chi connectivity index (χ4v) is 2.37. The molecule has 0 aliphatic rings. The predicted molar refractivity (Wildman–Crippen MR) is 93.4 cm³/mol. The van der Waals surface area contributed by atoms with Gasteiger partial charge in [0, 0.05) is 5.57 Å². The maximum Gasteiger partial charge on any atom is 0.417 e. The first-order valence-electron chi connectivity index (χ1n) is 7.59. The van der Waals surface area contributed by atoms with Gasteiger partial charge in [0.1, 0.15) is 11.6 Å². The van der Waals surface area contributed by atoms with Gasteiger partial charge >= 0.3 is 6.18 Å². The van der Waals surface area contributed by atoms with Crippen LogP contribution in [0.25, 0.3) is 11.1 Å². The number of nitrogens with two attached hydrogens (primary N) is 1. The summed E-state index contributed by atoms with van der Waals surface area (Å²) in [4.78, 5) is 11.6. The zero-order chi connectivity index (χ0) is 19.3. The molecule has 3 nitrogen and oxygen atoms in total. The molecule has 0 bridgehead atoms. The molecule has 1 amide bonds. The summed E-state index contributed by atoms with van der Waals surface area (Å²) >= 11 is 0. The van der Waals surface area contributed by atoms with Crippen molar-refractivity contribution in [2.45, 2.75) is 13.1 Å². The maximum atomic E-state index is 13.7. The molecule has 0 aliphatic heterocycles. The van der Waals surface area contributed by atoms with Crippen molar-refractivity contribution in [3.8, 4) is 6.07 Å². The highest BCUT2D eigenvalue weighted by Crippen LogP contribution is 2.37. The number of hydrogen-bond acceptors (Lipinski definition) is 2. The monoisotopic (exact) mass is 356 g/mol. The van der Waals surface area contributed by atoms with Crippen molar-refractivity contribution in [3.63, 3.8) is 0 Å². The number of benzene rings is 2. The first-order chi connectivity index (χ1) is 12.2. The molecule has 2 aromatic carbocycles. The van der Waals surface area contributed by atoms with Crippen LogP contribution in [0, 0.1) is 18.3 Å². The number of halogens is 3. The van der Waals surface area contributed by atoms with Crippen molar-refractivity contribution in [1.82, 2.24) is 0 Å². The lowest BCUT2D eigenvalue weighted by Crippen LogP contribution is -2.15. The zero-order valence-electron chi connectivity index (χ0n) is 13.8. The molecule has 0 heterocycles. The maximum absolute atomic E-state index is 13.7. The molecular formula is C20H15F3N2O. The fourth-order valence-electron chi connectivity index (χ4n) is 2.37. The fraction of sp³-hybridized carbons (Fsp3) is 0.100. The molecule has 2 aromatic rings. The van der Waals surface area contributed by atoms with E-state index in [9.17, 15) is 23.2 Å². The molecule has 0 saturated carbocycles. The lowest BCUT2D eigenvalue weighted by atomic mass is 9.94. The molecule has 0 atom stereocenters. The number of alkyl halides is 3. The molecular weight excluding hydrogens is 341 g/mol. The summed E-state index contributed by atoms with van der Waals surface area (Å²) in [7, 11) is 0. The second-order valence-corrected chi connectivity index (χ2v) is 5.55. The summed E-state index contributed by atoms with van der Waals surface area (Å²) < 4.78 is 41.0. The molecule has 0 fully saturated rings. The van der Waals surface area contributed by atoms with Gasteiger partial charge in [0.25, 0.3) is 5.91 Å². The third kappa shape index (κ3) is 4.39. The third-order valence-corrected chi connectivity index (χ3v) is 3.67. The van der Waals surface area contributed by atoms with Gasteiger partial charge in [-0.25, -0.2) is 0 Å². The van der Waals surface area contributed by atoms with Crippen LogP contribution in [0.2, 0.25) is 0 Å². The van der Waals surface area contributed by atoms with Crippen LogP contribution in [-0.4, -0.2) is 12.1 Å². The van der Waals surface area contributed by atoms with Gasteiger partial charge in [-0.15, -0.1) is 0 Å². The Morgan fingerprint density at radius 1 is 1.04 bits per heavy atom. The summed E-state index contributed by atoms with van der Waals surface area (Å²) in [6, 6.07) is 15.3. The number of nitriles is 1. The topological polar surface area (TPSA) is 66.9 Å². The molecule has 0 radical (unpaired) electrons. The van der Waals surface area contributed by atoms with Crippen molar-refractivity contribution < 1.29 is 18.0 Å². The van der Waals surface area contributed by atoms with Crippen molar-refractivity contribution in [2.24, 2.45) is 5.73 Å². The van der Waals surface area contributed by atoms with E-state index in [-0.39, 0.29) is 16.7 Å². The van der Waals surface area contributed by atoms with Crippen LogP contribution in [-0.2, 0) is 4.79 Å². The van der Waals surface area contributed by atoms with E-state index in [0.717, 1.165) is 11.6 Å². The summed E-state index contributed by atoms with van der Waals surface area (Å²) in [6.07, 6.45) is -3.89. The van der Waals surface area contributed by atoms with Gasteiger partial charge in [-0.3, -0.25) is 4.79 Å². The normalized spacial score (nSPS) is 13.0. The highest BCUT2D eigenvalue weighted by molar-refractivity contribution is 6.07. The molecule has 0 spiro atoms. The number of allylic oxidation sites excluding steroid dienone is 3. The number of nitrogens with zero attached hydrogens (tertiary/aromatic N) is 1. The minimum Gasteiger partial charge on any atom is -0.365 e. The van der Waals surface area contributed by atoms with E-state index in [1.807, 2.05) is 0 Å². The predicted octanol–water partition coefficient (Wildman–Crippen LogP) is 4.40. The van der Waals surface area contributed by atoms with E-state index in [4.69, 9.17) is 5.73 Å². The smallest absolute Gasteiger partial charge is 0.365 e. The van der Waals surface area contributed by atoms with Crippen LogP contribution in [0.15, 0.2) is 66.2 Å². The Morgan fingerprint density at radius 2 is 1.62 bits per heavy atom. The summed E-state index contributed by atoms with van der Waals surface area (Å²) in [5, 5.41) is 9.23. The second-order valence-electron chi connectivity index (χ2n) is 5.55. The standard InChI is InChI=1S/C20H15F3N2O/c1-13-7-9-15(10-8-13)18(20(21,22)23)11-16(17(12-24)19(25)26)14-5-3-2-4-6-14/h2-11H,1H3,(H2,25,26)/b17-16+,18-11+. The largest absolute Gasteiger partial charge is 0.417 e. The molecule has 2 N–H and O–H groups in total. The Bertz CT molecular complexity index is 903. The summed E-state index contributed by atoms with van der Waals surface area (Å²) in [5.74, 6) is -1.09. The Morgan fingerprint density at radius 3 is 2.08 bits per heavy atom. The van der Waals surface area contributed by atoms with Crippen molar-refractivity contribution >= 4 is 17.1 Å². The number of rotatable bonds is 4. The highest BCUT2D eigenvalue weighted by Gasteiger charge is 2.35. The van der Waals surface area contributed by atoms with Crippen LogP contribution in [0.3, 0.4) is 0 Å². The SMILES string of the molecule is Cc1ccc(/C(=C\C(=C(\C#N)C(N)=O)c2ccccc2)C(F)(F)F)cc1.